The molecule has 1 saturated heterocycles. The number of halogens is 4. The normalized spacial score (nSPS) is 15.0. The van der Waals surface area contributed by atoms with Crippen LogP contribution in [0.5, 0.6) is 5.75 Å². The minimum atomic E-state index is -4.61. The first-order valence-electron chi connectivity index (χ1n) is 11.0. The fraction of sp³-hybridized carbons (Fsp3) is 0.417. The molecule has 1 aliphatic heterocycles. The zero-order valence-corrected chi connectivity index (χ0v) is 19.6. The zero-order chi connectivity index (χ0) is 24.7. The summed E-state index contributed by atoms with van der Waals surface area (Å²) in [6.45, 7) is 2.25. The Morgan fingerprint density at radius 2 is 1.79 bits per heavy atom. The van der Waals surface area contributed by atoms with Crippen LogP contribution in [0.1, 0.15) is 24.0 Å². The highest BCUT2D eigenvalue weighted by atomic mass is 35.5. The summed E-state index contributed by atoms with van der Waals surface area (Å²) < 4.78 is 44.2. The first-order chi connectivity index (χ1) is 16.2. The van der Waals surface area contributed by atoms with Crippen molar-refractivity contribution in [3.8, 4) is 5.75 Å². The predicted octanol–water partition coefficient (Wildman–Crippen LogP) is 4.47. The largest absolute Gasteiger partial charge is 0.497 e. The van der Waals surface area contributed by atoms with Crippen molar-refractivity contribution in [1.82, 2.24) is 9.80 Å². The van der Waals surface area contributed by atoms with E-state index in [-0.39, 0.29) is 18.1 Å². The molecular weight excluding hydrogens is 471 g/mol. The van der Waals surface area contributed by atoms with Crippen LogP contribution < -0.4 is 10.1 Å². The number of alkyl halides is 3. The predicted molar refractivity (Wildman–Crippen MR) is 124 cm³/mol. The summed E-state index contributed by atoms with van der Waals surface area (Å²) in [6.07, 6.45) is -2.87. The molecule has 3 rings (SSSR count). The van der Waals surface area contributed by atoms with Crippen molar-refractivity contribution in [3.05, 3.63) is 58.6 Å². The van der Waals surface area contributed by atoms with Crippen LogP contribution in [0.15, 0.2) is 42.5 Å². The van der Waals surface area contributed by atoms with E-state index in [9.17, 15) is 22.8 Å². The van der Waals surface area contributed by atoms with Crippen LogP contribution >= 0.6 is 11.6 Å². The van der Waals surface area contributed by atoms with Crippen molar-refractivity contribution in [2.45, 2.75) is 25.4 Å². The van der Waals surface area contributed by atoms with Gasteiger partial charge in [0.15, 0.2) is 0 Å². The smallest absolute Gasteiger partial charge is 0.417 e. The third-order valence-electron chi connectivity index (χ3n) is 5.65. The lowest BCUT2D eigenvalue weighted by molar-refractivity contribution is -0.137. The molecule has 0 atom stereocenters. The molecule has 2 aromatic rings. The molecule has 10 heteroatoms. The molecule has 184 valence electrons. The second-order valence-corrected chi connectivity index (χ2v) is 8.51. The van der Waals surface area contributed by atoms with E-state index in [1.165, 1.54) is 6.07 Å². The molecular formula is C24H27ClF3N3O3. The number of methoxy groups -OCH3 is 1. The molecule has 0 radical (unpaired) electrons. The van der Waals surface area contributed by atoms with Crippen molar-refractivity contribution in [2.75, 3.05) is 45.2 Å². The fourth-order valence-corrected chi connectivity index (χ4v) is 4.03. The molecule has 1 fully saturated rings. The Morgan fingerprint density at radius 3 is 2.47 bits per heavy atom. The molecule has 0 unspecified atom stereocenters. The Morgan fingerprint density at radius 1 is 1.06 bits per heavy atom. The first kappa shape index (κ1) is 25.8. The lowest BCUT2D eigenvalue weighted by Crippen LogP contribution is -2.38. The number of anilines is 1. The van der Waals surface area contributed by atoms with E-state index in [1.54, 1.807) is 12.0 Å². The number of aryl methyl sites for hydroxylation is 1. The number of carbonyl (C=O) groups is 2. The maximum atomic E-state index is 13.0. The Labute approximate surface area is 201 Å². The topological polar surface area (TPSA) is 61.9 Å². The van der Waals surface area contributed by atoms with Crippen molar-refractivity contribution >= 4 is 29.1 Å². The average molecular weight is 498 g/mol. The van der Waals surface area contributed by atoms with Crippen LogP contribution in [-0.4, -0.2) is 61.4 Å². The zero-order valence-electron chi connectivity index (χ0n) is 18.8. The second kappa shape index (κ2) is 11.6. The maximum Gasteiger partial charge on any atom is 0.417 e. The monoisotopic (exact) mass is 497 g/mol. The molecule has 0 bridgehead atoms. The van der Waals surface area contributed by atoms with Crippen LogP contribution in [0.25, 0.3) is 0 Å². The van der Waals surface area contributed by atoms with Gasteiger partial charge in [-0.3, -0.25) is 14.5 Å². The van der Waals surface area contributed by atoms with Crippen molar-refractivity contribution in [3.63, 3.8) is 0 Å². The van der Waals surface area contributed by atoms with Gasteiger partial charge in [0, 0.05) is 38.3 Å². The lowest BCUT2D eigenvalue weighted by Gasteiger charge is -2.22. The maximum absolute atomic E-state index is 13.0. The average Bonchev–Trinajstić information content (AvgIpc) is 3.04. The van der Waals surface area contributed by atoms with Gasteiger partial charge in [0.05, 0.1) is 24.2 Å². The summed E-state index contributed by atoms with van der Waals surface area (Å²) >= 11 is 5.62. The number of hydrogen-bond donors (Lipinski definition) is 1. The van der Waals surface area contributed by atoms with E-state index in [0.29, 0.717) is 45.4 Å². The molecule has 1 aliphatic rings. The summed E-state index contributed by atoms with van der Waals surface area (Å²) in [5.74, 6) is 0.404. The van der Waals surface area contributed by atoms with Crippen LogP contribution in [-0.2, 0) is 22.2 Å². The minimum absolute atomic E-state index is 0.0257. The van der Waals surface area contributed by atoms with Gasteiger partial charge < -0.3 is 15.0 Å². The number of nitrogens with one attached hydrogen (secondary N) is 1. The number of benzene rings is 2. The summed E-state index contributed by atoms with van der Waals surface area (Å²) in [5, 5.41) is 2.08. The molecule has 0 spiro atoms. The SMILES string of the molecule is COc1ccc(CCC(=O)N2CCCN(CC(=O)Nc3ccc(Cl)c(C(F)(F)F)c3)CC2)cc1. The van der Waals surface area contributed by atoms with Gasteiger partial charge in [-0.25, -0.2) is 0 Å². The molecule has 2 amide bonds. The van der Waals surface area contributed by atoms with Gasteiger partial charge in [-0.15, -0.1) is 0 Å². The van der Waals surface area contributed by atoms with E-state index in [0.717, 1.165) is 23.4 Å². The molecule has 0 aliphatic carbocycles. The van der Waals surface area contributed by atoms with E-state index in [2.05, 4.69) is 5.32 Å². The Kier molecular flexibility index (Phi) is 8.79. The summed E-state index contributed by atoms with van der Waals surface area (Å²) in [4.78, 5) is 28.8. The van der Waals surface area contributed by atoms with Gasteiger partial charge in [-0.05, 0) is 48.7 Å². The molecule has 2 aromatic carbocycles. The van der Waals surface area contributed by atoms with Crippen LogP contribution in [0.4, 0.5) is 18.9 Å². The highest BCUT2D eigenvalue weighted by Crippen LogP contribution is 2.36. The van der Waals surface area contributed by atoms with Crippen LogP contribution in [0.2, 0.25) is 5.02 Å². The molecule has 0 aromatic heterocycles. The lowest BCUT2D eigenvalue weighted by atomic mass is 10.1. The fourth-order valence-electron chi connectivity index (χ4n) is 3.80. The van der Waals surface area contributed by atoms with Gasteiger partial charge in [-0.1, -0.05) is 23.7 Å². The minimum Gasteiger partial charge on any atom is -0.497 e. The molecule has 6 nitrogen and oxygen atoms in total. The number of hydrogen-bond acceptors (Lipinski definition) is 4. The Hall–Kier alpha value is -2.78. The number of nitrogens with zero attached hydrogens (tertiary/aromatic N) is 2. The van der Waals surface area contributed by atoms with E-state index >= 15 is 0 Å². The van der Waals surface area contributed by atoms with E-state index < -0.39 is 22.7 Å². The van der Waals surface area contributed by atoms with Crippen molar-refractivity contribution in [2.24, 2.45) is 0 Å². The molecule has 34 heavy (non-hydrogen) atoms. The number of rotatable bonds is 7. The number of carbonyl (C=O) groups excluding carboxylic acids is 2. The first-order valence-corrected chi connectivity index (χ1v) is 11.3. The van der Waals surface area contributed by atoms with Crippen LogP contribution in [0, 0.1) is 0 Å². The number of ether oxygens (including phenoxy) is 1. The Bertz CT molecular complexity index is 999. The Balaban J connectivity index is 1.47. The van der Waals surface area contributed by atoms with Crippen molar-refractivity contribution < 1.29 is 27.5 Å². The van der Waals surface area contributed by atoms with E-state index in [4.69, 9.17) is 16.3 Å². The highest BCUT2D eigenvalue weighted by molar-refractivity contribution is 6.31. The summed E-state index contributed by atoms with van der Waals surface area (Å²) in [7, 11) is 1.60. The number of amides is 2. The van der Waals surface area contributed by atoms with Gasteiger partial charge in [0.25, 0.3) is 0 Å². The second-order valence-electron chi connectivity index (χ2n) is 8.10. The van der Waals surface area contributed by atoms with Gasteiger partial charge in [0.1, 0.15) is 5.75 Å². The molecule has 1 N–H and O–H groups in total. The van der Waals surface area contributed by atoms with Crippen molar-refractivity contribution in [1.29, 1.82) is 0 Å². The third-order valence-corrected chi connectivity index (χ3v) is 5.98. The third kappa shape index (κ3) is 7.36. The van der Waals surface area contributed by atoms with Gasteiger partial charge in [0.2, 0.25) is 11.8 Å². The summed E-state index contributed by atoms with van der Waals surface area (Å²) in [5.41, 5.74) is 0.0931. The van der Waals surface area contributed by atoms with Gasteiger partial charge in [-0.2, -0.15) is 13.2 Å². The van der Waals surface area contributed by atoms with E-state index in [1.807, 2.05) is 29.2 Å². The van der Waals surface area contributed by atoms with Gasteiger partial charge >= 0.3 is 6.18 Å². The molecule has 1 heterocycles. The standard InChI is InChI=1S/C24H27ClF3N3O3/c1-34-19-7-3-17(4-8-19)5-10-23(33)31-12-2-11-30(13-14-31)16-22(32)29-18-6-9-21(25)20(15-18)24(26,27)28/h3-4,6-9,15H,2,5,10-14,16H2,1H3,(H,29,32). The summed E-state index contributed by atoms with van der Waals surface area (Å²) in [6, 6.07) is 10.9. The quantitative estimate of drug-likeness (QED) is 0.613. The van der Waals surface area contributed by atoms with Crippen LogP contribution in [0.3, 0.4) is 0 Å². The molecule has 0 saturated carbocycles. The highest BCUT2D eigenvalue weighted by Gasteiger charge is 2.33.